The second-order valence-corrected chi connectivity index (χ2v) is 6.76. The number of ether oxygens (including phenoxy) is 2. The van der Waals surface area contributed by atoms with Gasteiger partial charge in [0.25, 0.3) is 0 Å². The molecule has 0 radical (unpaired) electrons. The van der Waals surface area contributed by atoms with Crippen LogP contribution in [0.5, 0.6) is 11.5 Å². The van der Waals surface area contributed by atoms with Gasteiger partial charge in [-0.25, -0.2) is 17.9 Å². The maximum Gasteiger partial charge on any atom is 0.343 e. The van der Waals surface area contributed by atoms with Gasteiger partial charge in [-0.3, -0.25) is 0 Å². The first kappa shape index (κ1) is 17.3. The topological polar surface area (TPSA) is 102 Å². The zero-order valence-corrected chi connectivity index (χ0v) is 13.7. The van der Waals surface area contributed by atoms with Crippen molar-refractivity contribution in [1.82, 2.24) is 4.72 Å². The highest BCUT2D eigenvalue weighted by Gasteiger charge is 2.29. The standard InChI is InChI=1S/C15H19NO6S/c1-21-11-8-9-12(14(22-2)13(11)15(17)18)23(19,20)16-10-6-4-3-5-7-10/h3-4,8-10,16H,5-7H2,1-2H3,(H,17,18). The maximum absolute atomic E-state index is 12.6. The van der Waals surface area contributed by atoms with Crippen LogP contribution in [-0.4, -0.2) is 39.8 Å². The van der Waals surface area contributed by atoms with Crippen molar-refractivity contribution >= 4 is 16.0 Å². The lowest BCUT2D eigenvalue weighted by Crippen LogP contribution is -2.35. The minimum Gasteiger partial charge on any atom is -0.496 e. The summed E-state index contributed by atoms with van der Waals surface area (Å²) in [5.74, 6) is -1.53. The average molecular weight is 341 g/mol. The number of hydrogen-bond acceptors (Lipinski definition) is 5. The summed E-state index contributed by atoms with van der Waals surface area (Å²) >= 11 is 0. The van der Waals surface area contributed by atoms with Crippen LogP contribution in [0.2, 0.25) is 0 Å². The Morgan fingerprint density at radius 3 is 2.52 bits per heavy atom. The normalized spacial score (nSPS) is 17.7. The molecule has 1 atom stereocenters. The molecule has 1 aliphatic carbocycles. The number of aromatic carboxylic acids is 1. The summed E-state index contributed by atoms with van der Waals surface area (Å²) < 4.78 is 37.9. The fourth-order valence-electron chi connectivity index (χ4n) is 2.52. The monoisotopic (exact) mass is 341 g/mol. The minimum absolute atomic E-state index is 0.0360. The quantitative estimate of drug-likeness (QED) is 0.765. The van der Waals surface area contributed by atoms with E-state index in [-0.39, 0.29) is 28.0 Å². The number of benzene rings is 1. The van der Waals surface area contributed by atoms with Gasteiger partial charge in [-0.05, 0) is 31.4 Å². The van der Waals surface area contributed by atoms with E-state index in [9.17, 15) is 18.3 Å². The van der Waals surface area contributed by atoms with E-state index in [0.29, 0.717) is 12.8 Å². The van der Waals surface area contributed by atoms with Gasteiger partial charge in [-0.15, -0.1) is 0 Å². The Bertz CT molecular complexity index is 726. The number of sulfonamides is 1. The molecule has 0 amide bonds. The molecule has 0 bridgehead atoms. The van der Waals surface area contributed by atoms with Gasteiger partial charge in [0.1, 0.15) is 16.2 Å². The number of carboxylic acids is 1. The summed E-state index contributed by atoms with van der Waals surface area (Å²) in [6.07, 6.45) is 6.02. The van der Waals surface area contributed by atoms with Crippen molar-refractivity contribution < 1.29 is 27.8 Å². The van der Waals surface area contributed by atoms with E-state index in [1.54, 1.807) is 0 Å². The Labute approximate surface area is 135 Å². The number of carboxylic acid groups (broad SMARTS) is 1. The Kier molecular flexibility index (Phi) is 5.27. The smallest absolute Gasteiger partial charge is 0.343 e. The molecular weight excluding hydrogens is 322 g/mol. The third kappa shape index (κ3) is 3.65. The van der Waals surface area contributed by atoms with Crippen LogP contribution in [0.15, 0.2) is 29.2 Å². The van der Waals surface area contributed by atoms with Crippen molar-refractivity contribution in [3.8, 4) is 11.5 Å². The van der Waals surface area contributed by atoms with E-state index in [2.05, 4.69) is 4.72 Å². The van der Waals surface area contributed by atoms with E-state index in [1.165, 1.54) is 26.4 Å². The summed E-state index contributed by atoms with van der Waals surface area (Å²) in [5, 5.41) is 9.34. The average Bonchev–Trinajstić information content (AvgIpc) is 2.53. The Balaban J connectivity index is 2.47. The van der Waals surface area contributed by atoms with E-state index < -0.39 is 16.0 Å². The molecule has 0 fully saturated rings. The van der Waals surface area contributed by atoms with Gasteiger partial charge in [-0.1, -0.05) is 12.2 Å². The molecule has 1 aromatic rings. The van der Waals surface area contributed by atoms with Crippen LogP contribution in [-0.2, 0) is 10.0 Å². The summed E-state index contributed by atoms with van der Waals surface area (Å²) in [6, 6.07) is 2.37. The van der Waals surface area contributed by atoms with Crippen LogP contribution in [0.25, 0.3) is 0 Å². The minimum atomic E-state index is -3.91. The van der Waals surface area contributed by atoms with Gasteiger partial charge in [-0.2, -0.15) is 0 Å². The first-order valence-electron chi connectivity index (χ1n) is 7.06. The molecule has 0 saturated heterocycles. The fourth-order valence-corrected chi connectivity index (χ4v) is 3.97. The molecule has 2 rings (SSSR count). The Hall–Kier alpha value is -2.06. The van der Waals surface area contributed by atoms with Crippen LogP contribution in [0.4, 0.5) is 0 Å². The van der Waals surface area contributed by atoms with Crippen molar-refractivity contribution in [2.75, 3.05) is 14.2 Å². The third-order valence-electron chi connectivity index (χ3n) is 3.60. The van der Waals surface area contributed by atoms with E-state index >= 15 is 0 Å². The molecule has 8 heteroatoms. The van der Waals surface area contributed by atoms with E-state index in [0.717, 1.165) is 6.42 Å². The SMILES string of the molecule is COc1ccc(S(=O)(=O)NC2CC=CCC2)c(OC)c1C(=O)O. The van der Waals surface area contributed by atoms with Gasteiger partial charge in [0.15, 0.2) is 5.75 Å². The van der Waals surface area contributed by atoms with Gasteiger partial charge < -0.3 is 14.6 Å². The number of carbonyl (C=O) groups is 1. The van der Waals surface area contributed by atoms with Crippen LogP contribution >= 0.6 is 0 Å². The molecular formula is C15H19NO6S. The molecule has 2 N–H and O–H groups in total. The van der Waals surface area contributed by atoms with Crippen LogP contribution in [0.3, 0.4) is 0 Å². The number of rotatable bonds is 6. The van der Waals surface area contributed by atoms with Gasteiger partial charge >= 0.3 is 5.97 Å². The summed E-state index contributed by atoms with van der Waals surface area (Å²) in [7, 11) is -1.38. The molecule has 1 aromatic carbocycles. The molecule has 23 heavy (non-hydrogen) atoms. The highest BCUT2D eigenvalue weighted by Crippen LogP contribution is 2.35. The molecule has 0 saturated carbocycles. The first-order valence-corrected chi connectivity index (χ1v) is 8.54. The highest BCUT2D eigenvalue weighted by molar-refractivity contribution is 7.89. The number of hydrogen-bond donors (Lipinski definition) is 2. The lowest BCUT2D eigenvalue weighted by atomic mass is 10.0. The predicted octanol–water partition coefficient (Wildman–Crippen LogP) is 1.79. The van der Waals surface area contributed by atoms with Crippen LogP contribution < -0.4 is 14.2 Å². The van der Waals surface area contributed by atoms with Crippen molar-refractivity contribution in [2.24, 2.45) is 0 Å². The fraction of sp³-hybridized carbons (Fsp3) is 0.400. The third-order valence-corrected chi connectivity index (χ3v) is 5.15. The number of allylic oxidation sites excluding steroid dienone is 1. The van der Waals surface area contributed by atoms with E-state index in [1.807, 2.05) is 12.2 Å². The number of methoxy groups -OCH3 is 2. The van der Waals surface area contributed by atoms with E-state index in [4.69, 9.17) is 9.47 Å². The van der Waals surface area contributed by atoms with Gasteiger partial charge in [0, 0.05) is 6.04 Å². The predicted molar refractivity (Wildman–Crippen MR) is 83.6 cm³/mol. The van der Waals surface area contributed by atoms with Crippen LogP contribution in [0.1, 0.15) is 29.6 Å². The maximum atomic E-state index is 12.6. The molecule has 1 aliphatic rings. The summed E-state index contributed by atoms with van der Waals surface area (Å²) in [5.41, 5.74) is -0.318. The Morgan fingerprint density at radius 1 is 1.26 bits per heavy atom. The molecule has 7 nitrogen and oxygen atoms in total. The molecule has 1 unspecified atom stereocenters. The lowest BCUT2D eigenvalue weighted by Gasteiger charge is -2.21. The molecule has 0 aromatic heterocycles. The summed E-state index contributed by atoms with van der Waals surface area (Å²) in [6.45, 7) is 0. The van der Waals surface area contributed by atoms with Gasteiger partial charge in [0.2, 0.25) is 10.0 Å². The van der Waals surface area contributed by atoms with Crippen molar-refractivity contribution in [2.45, 2.75) is 30.2 Å². The van der Waals surface area contributed by atoms with Crippen LogP contribution in [0, 0.1) is 0 Å². The lowest BCUT2D eigenvalue weighted by molar-refractivity contribution is 0.0689. The van der Waals surface area contributed by atoms with Crippen molar-refractivity contribution in [3.63, 3.8) is 0 Å². The second-order valence-electron chi connectivity index (χ2n) is 5.08. The molecule has 0 heterocycles. The number of nitrogens with one attached hydrogen (secondary N) is 1. The van der Waals surface area contributed by atoms with Crippen molar-refractivity contribution in [3.05, 3.63) is 29.8 Å². The molecule has 0 spiro atoms. The highest BCUT2D eigenvalue weighted by atomic mass is 32.2. The Morgan fingerprint density at radius 2 is 2.00 bits per heavy atom. The summed E-state index contributed by atoms with van der Waals surface area (Å²) in [4.78, 5) is 11.2. The van der Waals surface area contributed by atoms with Gasteiger partial charge in [0.05, 0.1) is 14.2 Å². The molecule has 0 aliphatic heterocycles. The zero-order chi connectivity index (χ0) is 17.0. The second kappa shape index (κ2) is 7.01. The first-order chi connectivity index (χ1) is 10.9. The largest absolute Gasteiger partial charge is 0.496 e. The molecule has 126 valence electrons. The zero-order valence-electron chi connectivity index (χ0n) is 12.9. The van der Waals surface area contributed by atoms with Crippen molar-refractivity contribution in [1.29, 1.82) is 0 Å².